The number of likely N-dealkylation sites (tertiary alicyclic amines) is 1. The molecule has 0 saturated carbocycles. The summed E-state index contributed by atoms with van der Waals surface area (Å²) < 4.78 is 10.9. The van der Waals surface area contributed by atoms with Crippen molar-refractivity contribution in [1.29, 1.82) is 0 Å². The Morgan fingerprint density at radius 2 is 2.50 bits per heavy atom. The molecule has 1 unspecified atom stereocenters. The molecule has 1 aliphatic rings. The summed E-state index contributed by atoms with van der Waals surface area (Å²) in [6.45, 7) is 2.23. The van der Waals surface area contributed by atoms with E-state index in [2.05, 4.69) is 16.9 Å². The largest absolute Gasteiger partial charge is 0.466 e. The summed E-state index contributed by atoms with van der Waals surface area (Å²) in [6.07, 6.45) is 5.91. The summed E-state index contributed by atoms with van der Waals surface area (Å²) in [6, 6.07) is 4.27. The van der Waals surface area contributed by atoms with E-state index in [0.29, 0.717) is 12.8 Å². The lowest BCUT2D eigenvalue weighted by Gasteiger charge is -2.19. The number of hydrogen-bond donors (Lipinski definition) is 0. The van der Waals surface area contributed by atoms with Gasteiger partial charge in [-0.25, -0.2) is 0 Å². The Morgan fingerprint density at radius 3 is 3.19 bits per heavy atom. The first-order chi connectivity index (χ1) is 7.86. The van der Waals surface area contributed by atoms with Gasteiger partial charge in [-0.05, 0) is 38.6 Å². The van der Waals surface area contributed by atoms with Crippen molar-refractivity contribution >= 4 is 0 Å². The maximum absolute atomic E-state index is 5.50. The summed E-state index contributed by atoms with van der Waals surface area (Å²) in [5, 5.41) is 0. The highest BCUT2D eigenvalue weighted by Crippen LogP contribution is 2.14. The molecule has 1 aromatic heterocycles. The van der Waals surface area contributed by atoms with Gasteiger partial charge in [0.2, 0.25) is 0 Å². The number of rotatable bonds is 5. The maximum Gasteiger partial charge on any atom is 0.189 e. The zero-order valence-electron chi connectivity index (χ0n) is 9.63. The number of aromatic nitrogens is 1. The summed E-state index contributed by atoms with van der Waals surface area (Å²) in [7, 11) is 2.14. The van der Waals surface area contributed by atoms with E-state index in [0.717, 1.165) is 12.4 Å². The van der Waals surface area contributed by atoms with Crippen molar-refractivity contribution in [3.05, 3.63) is 24.5 Å². The summed E-state index contributed by atoms with van der Waals surface area (Å²) in [4.78, 5) is 6.30. The lowest BCUT2D eigenvalue weighted by Crippen LogP contribution is -2.29. The molecule has 88 valence electrons. The van der Waals surface area contributed by atoms with Crippen LogP contribution in [-0.4, -0.2) is 42.9 Å². The molecular weight excluding hydrogens is 204 g/mol. The van der Waals surface area contributed by atoms with E-state index in [1.807, 2.05) is 12.1 Å². The minimum Gasteiger partial charge on any atom is -0.466 e. The molecule has 0 N–H and O–H groups in total. The molecular formula is C12H18N2O2. The van der Waals surface area contributed by atoms with Crippen LogP contribution in [0.25, 0.3) is 0 Å². The summed E-state index contributed by atoms with van der Waals surface area (Å²) in [5.41, 5.74) is 0. The van der Waals surface area contributed by atoms with E-state index in [1.165, 1.54) is 19.4 Å². The van der Waals surface area contributed by atoms with Crippen molar-refractivity contribution in [3.8, 4) is 5.75 Å². The van der Waals surface area contributed by atoms with E-state index in [4.69, 9.17) is 9.47 Å². The van der Waals surface area contributed by atoms with Gasteiger partial charge in [-0.3, -0.25) is 4.98 Å². The normalized spacial score (nSPS) is 21.2. The van der Waals surface area contributed by atoms with E-state index >= 15 is 0 Å². The van der Waals surface area contributed by atoms with Crippen molar-refractivity contribution in [3.63, 3.8) is 0 Å². The third-order valence-corrected chi connectivity index (χ3v) is 2.93. The molecule has 1 atom stereocenters. The smallest absolute Gasteiger partial charge is 0.189 e. The minimum absolute atomic E-state index is 0.302. The number of ether oxygens (including phenoxy) is 2. The SMILES string of the molecule is CN1CCCC1COCOc1cccnc1. The molecule has 0 radical (unpaired) electrons. The molecule has 1 fully saturated rings. The van der Waals surface area contributed by atoms with Crippen LogP contribution >= 0.6 is 0 Å². The first-order valence-electron chi connectivity index (χ1n) is 5.67. The van der Waals surface area contributed by atoms with Crippen LogP contribution in [0.2, 0.25) is 0 Å². The first kappa shape index (κ1) is 11.4. The standard InChI is InChI=1S/C12H18N2O2/c1-14-7-3-4-11(14)9-15-10-16-12-5-2-6-13-8-12/h2,5-6,8,11H,3-4,7,9-10H2,1H3. The number of pyridine rings is 1. The van der Waals surface area contributed by atoms with Gasteiger partial charge in [0.05, 0.1) is 12.8 Å². The van der Waals surface area contributed by atoms with Gasteiger partial charge in [-0.2, -0.15) is 0 Å². The van der Waals surface area contributed by atoms with Gasteiger partial charge in [0.25, 0.3) is 0 Å². The van der Waals surface area contributed by atoms with Crippen molar-refractivity contribution in [2.75, 3.05) is 27.0 Å². The molecule has 0 amide bonds. The molecule has 2 heterocycles. The Bertz CT molecular complexity index is 305. The van der Waals surface area contributed by atoms with E-state index in [9.17, 15) is 0 Å². The van der Waals surface area contributed by atoms with Crippen LogP contribution in [0.3, 0.4) is 0 Å². The highest BCUT2D eigenvalue weighted by atomic mass is 16.7. The van der Waals surface area contributed by atoms with Gasteiger partial charge in [-0.1, -0.05) is 0 Å². The fourth-order valence-corrected chi connectivity index (χ4v) is 1.92. The zero-order valence-corrected chi connectivity index (χ0v) is 9.63. The topological polar surface area (TPSA) is 34.6 Å². The summed E-state index contributed by atoms with van der Waals surface area (Å²) >= 11 is 0. The molecule has 2 rings (SSSR count). The Hall–Kier alpha value is -1.13. The molecule has 0 bridgehead atoms. The molecule has 1 aromatic rings. The quantitative estimate of drug-likeness (QED) is 0.559. The van der Waals surface area contributed by atoms with Crippen LogP contribution in [0.1, 0.15) is 12.8 Å². The minimum atomic E-state index is 0.302. The second-order valence-corrected chi connectivity index (χ2v) is 4.10. The Morgan fingerprint density at radius 1 is 1.56 bits per heavy atom. The fourth-order valence-electron chi connectivity index (χ4n) is 1.92. The predicted molar refractivity (Wildman–Crippen MR) is 61.3 cm³/mol. The van der Waals surface area contributed by atoms with E-state index in [1.54, 1.807) is 12.4 Å². The second kappa shape index (κ2) is 5.82. The molecule has 4 heteroatoms. The highest BCUT2D eigenvalue weighted by molar-refractivity contribution is 5.14. The van der Waals surface area contributed by atoms with E-state index in [-0.39, 0.29) is 0 Å². The van der Waals surface area contributed by atoms with E-state index < -0.39 is 0 Å². The van der Waals surface area contributed by atoms with Crippen LogP contribution in [0.15, 0.2) is 24.5 Å². The lowest BCUT2D eigenvalue weighted by atomic mass is 10.2. The Balaban J connectivity index is 1.62. The Kier molecular flexibility index (Phi) is 4.13. The first-order valence-corrected chi connectivity index (χ1v) is 5.67. The second-order valence-electron chi connectivity index (χ2n) is 4.10. The van der Waals surface area contributed by atoms with Gasteiger partial charge in [0.1, 0.15) is 5.75 Å². The zero-order chi connectivity index (χ0) is 11.2. The van der Waals surface area contributed by atoms with Crippen LogP contribution in [-0.2, 0) is 4.74 Å². The van der Waals surface area contributed by atoms with Gasteiger partial charge in [0.15, 0.2) is 6.79 Å². The highest BCUT2D eigenvalue weighted by Gasteiger charge is 2.20. The van der Waals surface area contributed by atoms with Crippen LogP contribution in [0.5, 0.6) is 5.75 Å². The molecule has 1 aliphatic heterocycles. The molecule has 0 aromatic carbocycles. The number of hydrogen-bond acceptors (Lipinski definition) is 4. The third kappa shape index (κ3) is 3.18. The maximum atomic E-state index is 5.50. The van der Waals surface area contributed by atoms with Gasteiger partial charge >= 0.3 is 0 Å². The van der Waals surface area contributed by atoms with Gasteiger partial charge < -0.3 is 14.4 Å². The third-order valence-electron chi connectivity index (χ3n) is 2.93. The average molecular weight is 222 g/mol. The van der Waals surface area contributed by atoms with Crippen molar-refractivity contribution < 1.29 is 9.47 Å². The van der Waals surface area contributed by atoms with Crippen molar-refractivity contribution in [2.24, 2.45) is 0 Å². The Labute approximate surface area is 96.2 Å². The van der Waals surface area contributed by atoms with Gasteiger partial charge in [0, 0.05) is 12.2 Å². The number of nitrogens with zero attached hydrogens (tertiary/aromatic N) is 2. The molecule has 16 heavy (non-hydrogen) atoms. The monoisotopic (exact) mass is 222 g/mol. The predicted octanol–water partition coefficient (Wildman–Crippen LogP) is 1.53. The van der Waals surface area contributed by atoms with Crippen LogP contribution in [0, 0.1) is 0 Å². The van der Waals surface area contributed by atoms with Crippen LogP contribution < -0.4 is 4.74 Å². The molecule has 0 spiro atoms. The molecule has 4 nitrogen and oxygen atoms in total. The molecule has 1 saturated heterocycles. The average Bonchev–Trinajstić information content (AvgIpc) is 2.72. The van der Waals surface area contributed by atoms with Gasteiger partial charge in [-0.15, -0.1) is 0 Å². The lowest BCUT2D eigenvalue weighted by molar-refractivity contribution is -0.00590. The summed E-state index contributed by atoms with van der Waals surface area (Å²) in [5.74, 6) is 0.752. The van der Waals surface area contributed by atoms with Crippen molar-refractivity contribution in [2.45, 2.75) is 18.9 Å². The van der Waals surface area contributed by atoms with Crippen LogP contribution in [0.4, 0.5) is 0 Å². The number of likely N-dealkylation sites (N-methyl/N-ethyl adjacent to an activating group) is 1. The van der Waals surface area contributed by atoms with Crippen molar-refractivity contribution in [1.82, 2.24) is 9.88 Å². The fraction of sp³-hybridized carbons (Fsp3) is 0.583. The molecule has 0 aliphatic carbocycles.